The molecule has 2 aromatic rings. The molecule has 0 saturated carbocycles. The van der Waals surface area contributed by atoms with Gasteiger partial charge in [-0.15, -0.1) is 0 Å². The zero-order valence-electron chi connectivity index (χ0n) is 19.1. The number of halogens is 3. The number of carbonyl (C=O) groups is 2. The Morgan fingerprint density at radius 2 is 1.63 bits per heavy atom. The summed E-state index contributed by atoms with van der Waals surface area (Å²) in [5.41, 5.74) is 2.86. The maximum absolute atomic E-state index is 13.1. The fraction of sp³-hybridized carbons (Fsp3) is 0.333. The van der Waals surface area contributed by atoms with E-state index < -0.39 is 5.92 Å². The van der Waals surface area contributed by atoms with Gasteiger partial charge >= 0.3 is 0 Å². The average Bonchev–Trinajstić information content (AvgIpc) is 2.83. The van der Waals surface area contributed by atoms with E-state index in [9.17, 15) is 9.59 Å². The third-order valence-electron chi connectivity index (χ3n) is 6.61. The first-order valence-corrected chi connectivity index (χ1v) is 13.3. The number of ketones is 2. The molecular weight excluding hydrogens is 602 g/mol. The predicted octanol–water partition coefficient (Wildman–Crippen LogP) is 7.31. The Morgan fingerprint density at radius 3 is 2.23 bits per heavy atom. The quantitative estimate of drug-likeness (QED) is 0.326. The Labute approximate surface area is 227 Å². The topological polar surface area (TPSA) is 61.8 Å². The second-order valence-electron chi connectivity index (χ2n) is 8.82. The first kappa shape index (κ1) is 24.7. The van der Waals surface area contributed by atoms with E-state index in [0.29, 0.717) is 69.9 Å². The van der Waals surface area contributed by atoms with E-state index in [0.717, 1.165) is 27.5 Å². The van der Waals surface area contributed by atoms with Gasteiger partial charge in [0.15, 0.2) is 23.1 Å². The number of carbonyl (C=O) groups excluding carboxylic acids is 2. The molecule has 2 aliphatic carbocycles. The number of rotatable bonds is 5. The standard InChI is InChI=1S/C27H23Cl2IO5/c1-33-23-11-15(10-18(30)27(23)34-13-14-8-9-16(28)12-17(14)29)24-25-19(31)4-2-6-21(25)35-22-7-3-5-20(32)26(22)24/h8-12,24H,2-7,13H2,1H3. The lowest BCUT2D eigenvalue weighted by atomic mass is 9.73. The van der Waals surface area contributed by atoms with Crippen molar-refractivity contribution in [1.29, 1.82) is 0 Å². The van der Waals surface area contributed by atoms with Gasteiger partial charge in [0.25, 0.3) is 0 Å². The highest BCUT2D eigenvalue weighted by Gasteiger charge is 2.42. The van der Waals surface area contributed by atoms with Crippen molar-refractivity contribution in [3.63, 3.8) is 0 Å². The number of hydrogen-bond donors (Lipinski definition) is 0. The van der Waals surface area contributed by atoms with Gasteiger partial charge in [-0.1, -0.05) is 29.3 Å². The van der Waals surface area contributed by atoms with E-state index >= 15 is 0 Å². The third-order valence-corrected chi connectivity index (χ3v) is 8.00. The third kappa shape index (κ3) is 4.72. The van der Waals surface area contributed by atoms with Crippen LogP contribution in [0.4, 0.5) is 0 Å². The first-order chi connectivity index (χ1) is 16.9. The Bertz CT molecular complexity index is 1250. The summed E-state index contributed by atoms with van der Waals surface area (Å²) in [6.07, 6.45) is 3.88. The number of Topliss-reactive ketones (excluding diaryl/α,β-unsaturated/α-hetero) is 2. The average molecular weight is 625 g/mol. The number of ether oxygens (including phenoxy) is 3. The van der Waals surface area contributed by atoms with Gasteiger partial charge in [0.2, 0.25) is 0 Å². The zero-order valence-corrected chi connectivity index (χ0v) is 22.8. The van der Waals surface area contributed by atoms with Gasteiger partial charge in [0.05, 0.1) is 10.7 Å². The minimum absolute atomic E-state index is 0.0489. The summed E-state index contributed by atoms with van der Waals surface area (Å²) in [5.74, 6) is 2.18. The minimum atomic E-state index is -0.448. The number of allylic oxidation sites excluding steroid dienone is 4. The molecule has 0 bridgehead atoms. The SMILES string of the molecule is COc1cc(C2C3=C(CCCC3=O)OC3=C2C(=O)CCC3)cc(I)c1OCc1ccc(Cl)cc1Cl. The predicted molar refractivity (Wildman–Crippen MR) is 142 cm³/mol. The van der Waals surface area contributed by atoms with Crippen molar-refractivity contribution in [1.82, 2.24) is 0 Å². The second kappa shape index (κ2) is 10.1. The van der Waals surface area contributed by atoms with Crippen molar-refractivity contribution in [2.24, 2.45) is 0 Å². The van der Waals surface area contributed by atoms with Crippen molar-refractivity contribution in [2.75, 3.05) is 7.11 Å². The molecule has 182 valence electrons. The van der Waals surface area contributed by atoms with Gasteiger partial charge in [0.1, 0.15) is 18.1 Å². The number of methoxy groups -OCH3 is 1. The highest BCUT2D eigenvalue weighted by Crippen LogP contribution is 2.49. The van der Waals surface area contributed by atoms with E-state index in [4.69, 9.17) is 37.4 Å². The Kier molecular flexibility index (Phi) is 7.15. The van der Waals surface area contributed by atoms with Gasteiger partial charge in [-0.2, -0.15) is 0 Å². The van der Waals surface area contributed by atoms with Crippen molar-refractivity contribution < 1.29 is 23.8 Å². The first-order valence-electron chi connectivity index (χ1n) is 11.5. The van der Waals surface area contributed by atoms with E-state index in [1.807, 2.05) is 18.2 Å². The summed E-state index contributed by atoms with van der Waals surface area (Å²) in [6, 6.07) is 9.11. The zero-order chi connectivity index (χ0) is 24.7. The summed E-state index contributed by atoms with van der Waals surface area (Å²) >= 11 is 14.5. The minimum Gasteiger partial charge on any atom is -0.493 e. The maximum Gasteiger partial charge on any atom is 0.174 e. The molecule has 0 atom stereocenters. The molecule has 0 saturated heterocycles. The van der Waals surface area contributed by atoms with Crippen LogP contribution in [0.1, 0.15) is 55.6 Å². The lowest BCUT2D eigenvalue weighted by Crippen LogP contribution is -2.30. The molecule has 2 aromatic carbocycles. The molecule has 0 N–H and O–H groups in total. The Hall–Kier alpha value is -2.03. The van der Waals surface area contributed by atoms with E-state index in [1.54, 1.807) is 19.2 Å². The van der Waals surface area contributed by atoms with Crippen LogP contribution in [-0.4, -0.2) is 18.7 Å². The number of benzene rings is 2. The molecule has 1 aliphatic heterocycles. The second-order valence-corrected chi connectivity index (χ2v) is 10.8. The van der Waals surface area contributed by atoms with Gasteiger partial charge in [-0.25, -0.2) is 0 Å². The molecule has 0 radical (unpaired) electrons. The van der Waals surface area contributed by atoms with Crippen molar-refractivity contribution in [3.05, 3.63) is 77.7 Å². The van der Waals surface area contributed by atoms with E-state index in [2.05, 4.69) is 22.6 Å². The molecular formula is C27H23Cl2IO5. The maximum atomic E-state index is 13.1. The van der Waals surface area contributed by atoms with Crippen LogP contribution in [0.15, 0.2) is 53.0 Å². The lowest BCUT2D eigenvalue weighted by Gasteiger charge is -2.36. The fourth-order valence-electron chi connectivity index (χ4n) is 4.99. The van der Waals surface area contributed by atoms with Crippen molar-refractivity contribution in [3.8, 4) is 11.5 Å². The smallest absolute Gasteiger partial charge is 0.174 e. The van der Waals surface area contributed by atoms with Crippen LogP contribution < -0.4 is 9.47 Å². The molecule has 5 nitrogen and oxygen atoms in total. The van der Waals surface area contributed by atoms with Crippen molar-refractivity contribution in [2.45, 2.75) is 51.0 Å². The van der Waals surface area contributed by atoms with Crippen LogP contribution in [0.3, 0.4) is 0 Å². The molecule has 5 rings (SSSR count). The van der Waals surface area contributed by atoms with Gasteiger partial charge < -0.3 is 14.2 Å². The van der Waals surface area contributed by atoms with Crippen LogP contribution in [0.25, 0.3) is 0 Å². The highest BCUT2D eigenvalue weighted by atomic mass is 127. The molecule has 0 spiro atoms. The summed E-state index contributed by atoms with van der Waals surface area (Å²) in [7, 11) is 1.58. The lowest BCUT2D eigenvalue weighted by molar-refractivity contribution is -0.117. The fourth-order valence-corrected chi connectivity index (χ4v) is 6.23. The highest BCUT2D eigenvalue weighted by molar-refractivity contribution is 14.1. The van der Waals surface area contributed by atoms with Crippen LogP contribution >= 0.6 is 45.8 Å². The Balaban J connectivity index is 1.55. The molecule has 0 amide bonds. The largest absolute Gasteiger partial charge is 0.493 e. The molecule has 0 unspecified atom stereocenters. The molecule has 0 fully saturated rings. The van der Waals surface area contributed by atoms with Crippen LogP contribution in [-0.2, 0) is 20.9 Å². The van der Waals surface area contributed by atoms with E-state index in [1.165, 1.54) is 0 Å². The van der Waals surface area contributed by atoms with Gasteiger partial charge in [0, 0.05) is 58.4 Å². The summed E-state index contributed by atoms with van der Waals surface area (Å²) < 4.78 is 18.8. The van der Waals surface area contributed by atoms with Crippen LogP contribution in [0.5, 0.6) is 11.5 Å². The van der Waals surface area contributed by atoms with Crippen molar-refractivity contribution >= 4 is 57.4 Å². The van der Waals surface area contributed by atoms with E-state index in [-0.39, 0.29) is 18.2 Å². The molecule has 3 aliphatic rings. The summed E-state index contributed by atoms with van der Waals surface area (Å²) in [4.78, 5) is 26.1. The molecule has 35 heavy (non-hydrogen) atoms. The van der Waals surface area contributed by atoms with Crippen LogP contribution in [0, 0.1) is 3.57 Å². The monoisotopic (exact) mass is 624 g/mol. The normalized spacial score (nSPS) is 18.3. The van der Waals surface area contributed by atoms with Crippen LogP contribution in [0.2, 0.25) is 10.0 Å². The Morgan fingerprint density at radius 1 is 0.971 bits per heavy atom. The van der Waals surface area contributed by atoms with Gasteiger partial charge in [-0.05, 0) is 65.3 Å². The molecule has 8 heteroatoms. The molecule has 0 aromatic heterocycles. The number of hydrogen-bond acceptors (Lipinski definition) is 5. The summed E-state index contributed by atoms with van der Waals surface area (Å²) in [6.45, 7) is 0.237. The van der Waals surface area contributed by atoms with Gasteiger partial charge in [-0.3, -0.25) is 9.59 Å². The molecule has 1 heterocycles. The summed E-state index contributed by atoms with van der Waals surface area (Å²) in [5, 5.41) is 1.08.